The summed E-state index contributed by atoms with van der Waals surface area (Å²) >= 11 is 0. The number of hydrogen-bond acceptors (Lipinski definition) is 6. The van der Waals surface area contributed by atoms with Gasteiger partial charge < -0.3 is 14.3 Å². The molecule has 0 amide bonds. The van der Waals surface area contributed by atoms with E-state index in [2.05, 4.69) is 10.2 Å². The molecule has 1 heterocycles. The van der Waals surface area contributed by atoms with Crippen LogP contribution >= 0.6 is 0 Å². The average Bonchev–Trinajstić information content (AvgIpc) is 3.01. The summed E-state index contributed by atoms with van der Waals surface area (Å²) in [5, 5.41) is 20.6. The maximum Gasteiger partial charge on any atom is 0.190 e. The first kappa shape index (κ1) is 20.3. The molecule has 156 valence electrons. The lowest BCUT2D eigenvalue weighted by Gasteiger charge is -2.06. The van der Waals surface area contributed by atoms with Gasteiger partial charge in [-0.15, -0.1) is 5.11 Å². The van der Waals surface area contributed by atoms with Crippen LogP contribution in [-0.4, -0.2) is 12.2 Å². The third-order valence-corrected chi connectivity index (χ3v) is 5.20. The molecule has 1 aromatic heterocycles. The molecule has 0 bridgehead atoms. The molecule has 0 saturated heterocycles. The Kier molecular flexibility index (Phi) is 5.29. The Balaban J connectivity index is 2.03. The Hall–Kier alpha value is -3.93. The van der Waals surface area contributed by atoms with Gasteiger partial charge in [0, 0.05) is 5.56 Å². The Morgan fingerprint density at radius 1 is 0.871 bits per heavy atom. The van der Waals surface area contributed by atoms with Crippen LogP contribution in [0.5, 0.6) is 11.5 Å². The quantitative estimate of drug-likeness (QED) is 0.386. The second-order valence-electron chi connectivity index (χ2n) is 7.35. The molecule has 0 aliphatic rings. The summed E-state index contributed by atoms with van der Waals surface area (Å²) in [5.41, 5.74) is 2.85. The molecule has 1 N–H and O–H groups in total. The lowest BCUT2D eigenvalue weighted by molar-refractivity contribution is 0.415. The monoisotopic (exact) mass is 414 g/mol. The Morgan fingerprint density at radius 3 is 2.16 bits per heavy atom. The molecule has 0 radical (unpaired) electrons. The number of fused-ring (bicyclic) bond motifs is 1. The average molecular weight is 414 g/mol. The molecule has 0 spiro atoms. The molecule has 0 saturated carbocycles. The Labute approximate surface area is 179 Å². The van der Waals surface area contributed by atoms with E-state index in [4.69, 9.17) is 9.15 Å². The number of hydrogen-bond donors (Lipinski definition) is 1. The largest absolute Gasteiger partial charge is 0.505 e. The van der Waals surface area contributed by atoms with Crippen LogP contribution in [0.2, 0.25) is 0 Å². The minimum absolute atomic E-state index is 0.145. The predicted octanol–water partition coefficient (Wildman–Crippen LogP) is 6.51. The van der Waals surface area contributed by atoms with E-state index in [0.717, 1.165) is 5.56 Å². The van der Waals surface area contributed by atoms with E-state index in [0.29, 0.717) is 44.9 Å². The number of nitrogens with zero attached hydrogens (tertiary/aromatic N) is 2. The Bertz CT molecular complexity index is 1350. The molecular formula is C25H22N2O4. The first-order valence-corrected chi connectivity index (χ1v) is 9.82. The third kappa shape index (κ3) is 3.80. The zero-order valence-electron chi connectivity index (χ0n) is 17.8. The Morgan fingerprint density at radius 2 is 1.52 bits per heavy atom. The molecule has 0 atom stereocenters. The van der Waals surface area contributed by atoms with Crippen LogP contribution in [0.25, 0.3) is 21.9 Å². The predicted molar refractivity (Wildman–Crippen MR) is 121 cm³/mol. The number of rotatable bonds is 4. The van der Waals surface area contributed by atoms with Crippen molar-refractivity contribution in [2.75, 3.05) is 7.11 Å². The summed E-state index contributed by atoms with van der Waals surface area (Å²) in [6, 6.07) is 16.2. The molecule has 0 aliphatic heterocycles. The van der Waals surface area contributed by atoms with Gasteiger partial charge in [-0.1, -0.05) is 29.8 Å². The van der Waals surface area contributed by atoms with E-state index in [1.54, 1.807) is 33.1 Å². The van der Waals surface area contributed by atoms with Crippen molar-refractivity contribution in [1.82, 2.24) is 0 Å². The van der Waals surface area contributed by atoms with Crippen molar-refractivity contribution >= 4 is 22.1 Å². The van der Waals surface area contributed by atoms with Crippen LogP contribution in [0.3, 0.4) is 0 Å². The third-order valence-electron chi connectivity index (χ3n) is 5.20. The molecular weight excluding hydrogens is 392 g/mol. The normalized spacial score (nSPS) is 11.4. The van der Waals surface area contributed by atoms with E-state index in [-0.39, 0.29) is 16.9 Å². The van der Waals surface area contributed by atoms with Crippen molar-refractivity contribution in [3.05, 3.63) is 81.9 Å². The summed E-state index contributed by atoms with van der Waals surface area (Å²) < 4.78 is 10.9. The maximum absolute atomic E-state index is 13.1. The van der Waals surface area contributed by atoms with Crippen molar-refractivity contribution in [2.45, 2.75) is 20.8 Å². The summed E-state index contributed by atoms with van der Waals surface area (Å²) in [7, 11) is 1.59. The number of aryl methyl sites for hydroxylation is 3. The van der Waals surface area contributed by atoms with Gasteiger partial charge in [-0.25, -0.2) is 0 Å². The highest BCUT2D eigenvalue weighted by Gasteiger charge is 2.20. The van der Waals surface area contributed by atoms with Crippen molar-refractivity contribution in [1.29, 1.82) is 0 Å². The number of benzene rings is 2. The summed E-state index contributed by atoms with van der Waals surface area (Å²) in [6.45, 7) is 5.40. The first-order valence-electron chi connectivity index (χ1n) is 9.82. The molecule has 3 aromatic carbocycles. The van der Waals surface area contributed by atoms with Crippen molar-refractivity contribution in [2.24, 2.45) is 10.2 Å². The standard InChI is InChI=1S/C25H22N2O4/c1-14-5-9-18(10-6-14)26-27-24-20(17-7-11-19(30-4)12-8-17)13-21(28)22-15(2)31-16(3)23(22)25(24)29/h5-13,29H,1-4H3. The SMILES string of the molecule is COc1ccc(-c2cc(=O)c3c(C)oc(C)c3c(O)c2N=Nc2ccc(C)cc2)cc1. The number of azo groups is 1. The van der Waals surface area contributed by atoms with Crippen LogP contribution in [0.15, 0.2) is 74.0 Å². The minimum atomic E-state index is -0.262. The first-order chi connectivity index (χ1) is 14.9. The lowest BCUT2D eigenvalue weighted by Crippen LogP contribution is -1.96. The summed E-state index contributed by atoms with van der Waals surface area (Å²) in [4.78, 5) is 13.1. The zero-order chi connectivity index (χ0) is 22.1. The lowest BCUT2D eigenvalue weighted by atomic mass is 10.1. The molecule has 31 heavy (non-hydrogen) atoms. The van der Waals surface area contributed by atoms with Gasteiger partial charge in [-0.3, -0.25) is 4.79 Å². The van der Waals surface area contributed by atoms with Crippen molar-refractivity contribution < 1.29 is 14.3 Å². The highest BCUT2D eigenvalue weighted by Crippen LogP contribution is 2.43. The van der Waals surface area contributed by atoms with E-state index < -0.39 is 0 Å². The van der Waals surface area contributed by atoms with Crippen molar-refractivity contribution in [3.8, 4) is 22.6 Å². The molecule has 0 unspecified atom stereocenters. The van der Waals surface area contributed by atoms with Gasteiger partial charge in [0.1, 0.15) is 23.0 Å². The van der Waals surface area contributed by atoms with Gasteiger partial charge in [0.2, 0.25) is 0 Å². The molecule has 0 aliphatic carbocycles. The van der Waals surface area contributed by atoms with Gasteiger partial charge in [-0.2, -0.15) is 5.11 Å². The van der Waals surface area contributed by atoms with E-state index in [1.807, 2.05) is 43.3 Å². The summed E-state index contributed by atoms with van der Waals surface area (Å²) in [5.74, 6) is 1.44. The number of aromatic hydroxyl groups is 1. The van der Waals surface area contributed by atoms with Crippen LogP contribution in [-0.2, 0) is 0 Å². The van der Waals surface area contributed by atoms with Crippen LogP contribution in [0, 0.1) is 20.8 Å². The molecule has 4 rings (SSSR count). The highest BCUT2D eigenvalue weighted by molar-refractivity contribution is 5.98. The minimum Gasteiger partial charge on any atom is -0.505 e. The topological polar surface area (TPSA) is 84.4 Å². The van der Waals surface area contributed by atoms with E-state index in [1.165, 1.54) is 6.07 Å². The molecule has 6 nitrogen and oxygen atoms in total. The van der Waals surface area contributed by atoms with E-state index >= 15 is 0 Å². The van der Waals surface area contributed by atoms with Crippen molar-refractivity contribution in [3.63, 3.8) is 0 Å². The van der Waals surface area contributed by atoms with Gasteiger partial charge in [0.05, 0.1) is 23.6 Å². The summed E-state index contributed by atoms with van der Waals surface area (Å²) in [6.07, 6.45) is 0. The van der Waals surface area contributed by atoms with Gasteiger partial charge in [0.25, 0.3) is 0 Å². The number of ether oxygens (including phenoxy) is 1. The van der Waals surface area contributed by atoms with E-state index in [9.17, 15) is 9.90 Å². The van der Waals surface area contributed by atoms with Crippen LogP contribution in [0.4, 0.5) is 11.4 Å². The fraction of sp³-hybridized carbons (Fsp3) is 0.160. The maximum atomic E-state index is 13.1. The fourth-order valence-corrected chi connectivity index (χ4v) is 3.59. The molecule has 0 fully saturated rings. The second kappa shape index (κ2) is 8.07. The number of methoxy groups -OCH3 is 1. The second-order valence-corrected chi connectivity index (χ2v) is 7.35. The van der Waals surface area contributed by atoms with Crippen LogP contribution < -0.4 is 10.2 Å². The highest BCUT2D eigenvalue weighted by atomic mass is 16.5. The van der Waals surface area contributed by atoms with Crippen LogP contribution in [0.1, 0.15) is 17.1 Å². The molecule has 4 aromatic rings. The van der Waals surface area contributed by atoms with Gasteiger partial charge in [-0.05, 0) is 56.7 Å². The number of furan rings is 1. The van der Waals surface area contributed by atoms with Gasteiger partial charge >= 0.3 is 0 Å². The smallest absolute Gasteiger partial charge is 0.190 e. The zero-order valence-corrected chi connectivity index (χ0v) is 17.8. The fourth-order valence-electron chi connectivity index (χ4n) is 3.59. The van der Waals surface area contributed by atoms with Gasteiger partial charge in [0.15, 0.2) is 11.2 Å². The molecule has 6 heteroatoms.